The van der Waals surface area contributed by atoms with Crippen molar-refractivity contribution in [2.24, 2.45) is 5.92 Å². The van der Waals surface area contributed by atoms with Gasteiger partial charge < -0.3 is 10.1 Å². The van der Waals surface area contributed by atoms with E-state index in [-0.39, 0.29) is 24.2 Å². The first kappa shape index (κ1) is 12.9. The van der Waals surface area contributed by atoms with Gasteiger partial charge in [0.1, 0.15) is 11.1 Å². The molecule has 0 saturated carbocycles. The van der Waals surface area contributed by atoms with Crippen LogP contribution in [0.1, 0.15) is 33.1 Å². The number of carbonyl (C=O) groups excluding carboxylic acids is 2. The average Bonchev–Trinajstić information content (AvgIpc) is 2.83. The zero-order valence-electron chi connectivity index (χ0n) is 10.3. The number of amides is 1. The first-order valence-electron chi connectivity index (χ1n) is 5.75. The quantitative estimate of drug-likeness (QED) is 0.840. The van der Waals surface area contributed by atoms with Gasteiger partial charge in [-0.1, -0.05) is 11.3 Å². The number of rotatable bonds is 4. The average molecular weight is 269 g/mol. The van der Waals surface area contributed by atoms with Gasteiger partial charge in [-0.15, -0.1) is 10.2 Å². The number of esters is 1. The summed E-state index contributed by atoms with van der Waals surface area (Å²) in [7, 11) is 0. The Kier molecular flexibility index (Phi) is 3.60. The lowest BCUT2D eigenvalue weighted by Crippen LogP contribution is -2.17. The monoisotopic (exact) mass is 269 g/mol. The highest BCUT2D eigenvalue weighted by Gasteiger charge is 2.39. The Morgan fingerprint density at radius 1 is 1.67 bits per heavy atom. The molecule has 1 atom stereocenters. The van der Waals surface area contributed by atoms with Crippen molar-refractivity contribution in [3.63, 3.8) is 0 Å². The van der Waals surface area contributed by atoms with Crippen molar-refractivity contribution in [2.75, 3.05) is 5.32 Å². The highest BCUT2D eigenvalue weighted by molar-refractivity contribution is 7.13. The molecule has 0 spiro atoms. The highest BCUT2D eigenvalue weighted by atomic mass is 32.1. The Morgan fingerprint density at radius 2 is 2.44 bits per heavy atom. The Bertz CT molecular complexity index is 444. The Morgan fingerprint density at radius 3 is 3.00 bits per heavy atom. The first-order chi connectivity index (χ1) is 8.46. The van der Waals surface area contributed by atoms with Crippen LogP contribution >= 0.6 is 11.3 Å². The maximum atomic E-state index is 11.6. The smallest absolute Gasteiger partial charge is 0.309 e. The molecule has 1 fully saturated rings. The topological polar surface area (TPSA) is 81.2 Å². The second-order valence-corrected chi connectivity index (χ2v) is 5.75. The number of hydrogen-bond acceptors (Lipinski definition) is 6. The van der Waals surface area contributed by atoms with Crippen LogP contribution in [0.4, 0.5) is 5.13 Å². The molecule has 0 aromatic carbocycles. The minimum atomic E-state index is -0.405. The van der Waals surface area contributed by atoms with Gasteiger partial charge in [-0.2, -0.15) is 0 Å². The summed E-state index contributed by atoms with van der Waals surface area (Å²) < 4.78 is 5.21. The van der Waals surface area contributed by atoms with Crippen LogP contribution in [-0.2, 0) is 14.3 Å². The van der Waals surface area contributed by atoms with Gasteiger partial charge in [0.2, 0.25) is 11.0 Å². The molecule has 18 heavy (non-hydrogen) atoms. The highest BCUT2D eigenvalue weighted by Crippen LogP contribution is 2.33. The lowest BCUT2D eigenvalue weighted by atomic mass is 9.94. The van der Waals surface area contributed by atoms with Gasteiger partial charge in [-0.3, -0.25) is 9.59 Å². The second-order valence-electron chi connectivity index (χ2n) is 4.91. The van der Waals surface area contributed by atoms with Gasteiger partial charge in [0.25, 0.3) is 0 Å². The summed E-state index contributed by atoms with van der Waals surface area (Å²) in [5, 5.41) is 10.5. The summed E-state index contributed by atoms with van der Waals surface area (Å²) in [6, 6.07) is 0. The van der Waals surface area contributed by atoms with Crippen LogP contribution in [0.15, 0.2) is 5.51 Å². The van der Waals surface area contributed by atoms with Gasteiger partial charge in [-0.25, -0.2) is 0 Å². The number of ether oxygens (including phenoxy) is 1. The molecule has 1 N–H and O–H groups in total. The van der Waals surface area contributed by atoms with E-state index in [4.69, 9.17) is 4.74 Å². The fourth-order valence-electron chi connectivity index (χ4n) is 2.01. The van der Waals surface area contributed by atoms with Gasteiger partial charge in [-0.05, 0) is 26.7 Å². The van der Waals surface area contributed by atoms with E-state index in [2.05, 4.69) is 15.5 Å². The minimum Gasteiger partial charge on any atom is -0.459 e. The number of aromatic nitrogens is 2. The van der Waals surface area contributed by atoms with Crippen molar-refractivity contribution in [1.29, 1.82) is 0 Å². The third-order valence-corrected chi connectivity index (χ3v) is 3.38. The van der Waals surface area contributed by atoms with E-state index < -0.39 is 5.60 Å². The number of carbonyl (C=O) groups is 2. The molecule has 1 aliphatic heterocycles. The van der Waals surface area contributed by atoms with Crippen molar-refractivity contribution in [3.8, 4) is 0 Å². The Hall–Kier alpha value is -1.50. The van der Waals surface area contributed by atoms with E-state index in [9.17, 15) is 9.59 Å². The number of cyclic esters (lactones) is 1. The molecule has 2 rings (SSSR count). The summed E-state index contributed by atoms with van der Waals surface area (Å²) in [5.74, 6) is -0.534. The van der Waals surface area contributed by atoms with Crippen molar-refractivity contribution in [1.82, 2.24) is 10.2 Å². The molecular formula is C11H15N3O3S. The number of hydrogen-bond donors (Lipinski definition) is 1. The van der Waals surface area contributed by atoms with Crippen LogP contribution in [0.5, 0.6) is 0 Å². The molecule has 98 valence electrons. The van der Waals surface area contributed by atoms with Crippen molar-refractivity contribution in [3.05, 3.63) is 5.51 Å². The second kappa shape index (κ2) is 5.01. The third-order valence-electron chi connectivity index (χ3n) is 2.77. The van der Waals surface area contributed by atoms with Gasteiger partial charge in [0.05, 0.1) is 5.92 Å². The first-order valence-corrected chi connectivity index (χ1v) is 6.63. The van der Waals surface area contributed by atoms with Gasteiger partial charge >= 0.3 is 5.97 Å². The third kappa shape index (κ3) is 3.25. The molecule has 1 aliphatic rings. The number of anilines is 1. The lowest BCUT2D eigenvalue weighted by molar-refractivity contribution is -0.148. The van der Waals surface area contributed by atoms with E-state index in [1.54, 1.807) is 5.51 Å². The Labute approximate surface area is 109 Å². The largest absolute Gasteiger partial charge is 0.459 e. The zero-order valence-corrected chi connectivity index (χ0v) is 11.1. The van der Waals surface area contributed by atoms with Crippen molar-refractivity contribution >= 4 is 28.3 Å². The summed E-state index contributed by atoms with van der Waals surface area (Å²) >= 11 is 1.26. The van der Waals surface area contributed by atoms with Crippen LogP contribution in [0, 0.1) is 5.92 Å². The van der Waals surface area contributed by atoms with Gasteiger partial charge in [0, 0.05) is 6.42 Å². The Balaban J connectivity index is 1.78. The van der Waals surface area contributed by atoms with E-state index >= 15 is 0 Å². The lowest BCUT2D eigenvalue weighted by Gasteiger charge is -2.14. The van der Waals surface area contributed by atoms with E-state index in [0.29, 0.717) is 18.0 Å². The summed E-state index contributed by atoms with van der Waals surface area (Å²) in [6.45, 7) is 3.76. The molecule has 1 aromatic heterocycles. The van der Waals surface area contributed by atoms with Crippen LogP contribution in [0.25, 0.3) is 0 Å². The van der Waals surface area contributed by atoms with Crippen LogP contribution in [0.3, 0.4) is 0 Å². The van der Waals surface area contributed by atoms with E-state index in [1.807, 2.05) is 13.8 Å². The number of nitrogens with zero attached hydrogens (tertiary/aromatic N) is 2. The summed E-state index contributed by atoms with van der Waals surface area (Å²) in [6.07, 6.45) is 1.46. The molecule has 2 heterocycles. The van der Waals surface area contributed by atoms with Crippen LogP contribution < -0.4 is 5.32 Å². The summed E-state index contributed by atoms with van der Waals surface area (Å²) in [4.78, 5) is 23.2. The fourth-order valence-corrected chi connectivity index (χ4v) is 2.47. The molecule has 0 aliphatic carbocycles. The predicted octanol–water partition coefficient (Wildman–Crippen LogP) is 1.60. The van der Waals surface area contributed by atoms with Gasteiger partial charge in [0.15, 0.2) is 0 Å². The molecular weight excluding hydrogens is 254 g/mol. The van der Waals surface area contributed by atoms with E-state index in [1.165, 1.54) is 11.3 Å². The molecule has 0 radical (unpaired) electrons. The molecule has 7 heteroatoms. The number of nitrogens with one attached hydrogen (secondary N) is 1. The van der Waals surface area contributed by atoms with Crippen molar-refractivity contribution < 1.29 is 14.3 Å². The molecule has 1 saturated heterocycles. The SMILES string of the molecule is CC1(C)C[C@@H](CCC(=O)Nc2nncs2)C(=O)O1. The minimum absolute atomic E-state index is 0.149. The molecule has 1 aromatic rings. The summed E-state index contributed by atoms with van der Waals surface area (Å²) in [5.41, 5.74) is 1.14. The molecule has 6 nitrogen and oxygen atoms in total. The van der Waals surface area contributed by atoms with Crippen LogP contribution in [-0.4, -0.2) is 27.7 Å². The molecule has 1 amide bonds. The van der Waals surface area contributed by atoms with Crippen LogP contribution in [0.2, 0.25) is 0 Å². The van der Waals surface area contributed by atoms with E-state index in [0.717, 1.165) is 0 Å². The standard InChI is InChI=1S/C11H15N3O3S/c1-11(2)5-7(9(16)17-11)3-4-8(15)13-10-14-12-6-18-10/h6-7H,3-5H2,1-2H3,(H,13,14,15)/t7-/m1/s1. The zero-order chi connectivity index (χ0) is 13.2. The fraction of sp³-hybridized carbons (Fsp3) is 0.636. The molecule has 0 bridgehead atoms. The molecule has 0 unspecified atom stereocenters. The predicted molar refractivity (Wildman–Crippen MR) is 66.1 cm³/mol. The normalized spacial score (nSPS) is 21.7. The van der Waals surface area contributed by atoms with Crippen molar-refractivity contribution in [2.45, 2.75) is 38.7 Å². The maximum absolute atomic E-state index is 11.6. The maximum Gasteiger partial charge on any atom is 0.309 e.